The Hall–Kier alpha value is -3.14. The van der Waals surface area contributed by atoms with Crippen LogP contribution >= 0.6 is 11.3 Å². The molecule has 0 atom stereocenters. The molecular weight excluding hydrogens is 378 g/mol. The fourth-order valence-corrected chi connectivity index (χ4v) is 3.28. The summed E-state index contributed by atoms with van der Waals surface area (Å²) < 4.78 is 19.3. The number of furan rings is 1. The summed E-state index contributed by atoms with van der Waals surface area (Å²) in [7, 11) is 2.38. The molecule has 0 spiro atoms. The lowest BCUT2D eigenvalue weighted by molar-refractivity contribution is -0.119. The van der Waals surface area contributed by atoms with Crippen molar-refractivity contribution in [1.82, 2.24) is 0 Å². The van der Waals surface area contributed by atoms with E-state index >= 15 is 0 Å². The molecule has 0 saturated heterocycles. The first-order valence-electron chi connectivity index (χ1n) is 7.61. The van der Waals surface area contributed by atoms with Gasteiger partial charge in [-0.15, -0.1) is 11.3 Å². The van der Waals surface area contributed by atoms with Gasteiger partial charge in [0, 0.05) is 0 Å². The number of hydrogen-bond donors (Lipinski definition) is 1. The van der Waals surface area contributed by atoms with Crippen LogP contribution in [0.5, 0.6) is 0 Å². The highest BCUT2D eigenvalue weighted by Crippen LogP contribution is 2.34. The molecule has 1 N–H and O–H groups in total. The molecule has 2 aromatic heterocycles. The lowest BCUT2D eigenvalue weighted by Gasteiger charge is -2.06. The second-order valence-electron chi connectivity index (χ2n) is 5.28. The first kappa shape index (κ1) is 20.2. The maximum absolute atomic E-state index is 12.1. The van der Waals surface area contributed by atoms with E-state index < -0.39 is 30.4 Å². The van der Waals surface area contributed by atoms with E-state index in [0.29, 0.717) is 11.3 Å². The van der Waals surface area contributed by atoms with Crippen LogP contribution in [-0.4, -0.2) is 44.6 Å². The average Bonchev–Trinajstić information content (AvgIpc) is 3.22. The number of carbonyl (C=O) groups excluding carboxylic acids is 4. The van der Waals surface area contributed by atoms with Gasteiger partial charge in [0.25, 0.3) is 5.91 Å². The molecule has 2 rings (SSSR count). The van der Waals surface area contributed by atoms with Gasteiger partial charge in [-0.1, -0.05) is 0 Å². The van der Waals surface area contributed by atoms with Crippen molar-refractivity contribution in [2.45, 2.75) is 13.8 Å². The Labute approximate surface area is 158 Å². The van der Waals surface area contributed by atoms with E-state index in [9.17, 15) is 19.2 Å². The summed E-state index contributed by atoms with van der Waals surface area (Å²) in [6.45, 7) is 2.59. The lowest BCUT2D eigenvalue weighted by Crippen LogP contribution is -2.21. The van der Waals surface area contributed by atoms with Crippen LogP contribution in [-0.2, 0) is 19.0 Å². The van der Waals surface area contributed by atoms with Gasteiger partial charge in [0.2, 0.25) is 5.76 Å². The Kier molecular flexibility index (Phi) is 6.35. The molecule has 27 heavy (non-hydrogen) atoms. The van der Waals surface area contributed by atoms with Gasteiger partial charge >= 0.3 is 17.9 Å². The van der Waals surface area contributed by atoms with Crippen molar-refractivity contribution in [3.63, 3.8) is 0 Å². The summed E-state index contributed by atoms with van der Waals surface area (Å²) in [6, 6.07) is 3.01. The number of thiophene rings is 1. The van der Waals surface area contributed by atoms with Crippen LogP contribution in [0.1, 0.15) is 41.9 Å². The summed E-state index contributed by atoms with van der Waals surface area (Å²) in [5, 5.41) is 2.53. The minimum Gasteiger partial charge on any atom is -0.465 e. The molecule has 1 amide bonds. The predicted octanol–water partition coefficient (Wildman–Crippen LogP) is 2.33. The van der Waals surface area contributed by atoms with Crippen LogP contribution in [0.4, 0.5) is 5.00 Å². The molecule has 0 radical (unpaired) electrons. The average molecular weight is 395 g/mol. The fourth-order valence-electron chi connectivity index (χ4n) is 2.15. The summed E-state index contributed by atoms with van der Waals surface area (Å²) in [6.07, 6.45) is 0. The highest BCUT2D eigenvalue weighted by molar-refractivity contribution is 7.18. The third-order valence-electron chi connectivity index (χ3n) is 3.44. The third kappa shape index (κ3) is 4.53. The largest absolute Gasteiger partial charge is 0.465 e. The van der Waals surface area contributed by atoms with Crippen LogP contribution in [0.2, 0.25) is 0 Å². The van der Waals surface area contributed by atoms with E-state index in [2.05, 4.69) is 10.1 Å². The van der Waals surface area contributed by atoms with E-state index in [1.807, 2.05) is 0 Å². The number of hydrogen-bond acceptors (Lipinski definition) is 9. The molecule has 144 valence electrons. The molecule has 0 fully saturated rings. The summed E-state index contributed by atoms with van der Waals surface area (Å²) in [4.78, 5) is 47.9. The highest BCUT2D eigenvalue weighted by atomic mass is 32.1. The van der Waals surface area contributed by atoms with Gasteiger partial charge in [0.1, 0.15) is 15.6 Å². The van der Waals surface area contributed by atoms with Gasteiger partial charge in [-0.25, -0.2) is 14.4 Å². The SMILES string of the molecule is COC(=O)c1sc(NC(=O)COC(=O)c2ccc(C)o2)c(C(=O)OC)c1C. The molecule has 10 heteroatoms. The Balaban J connectivity index is 2.13. The summed E-state index contributed by atoms with van der Waals surface area (Å²) >= 11 is 0.858. The molecule has 0 saturated carbocycles. The molecule has 0 bridgehead atoms. The van der Waals surface area contributed by atoms with Crippen molar-refractivity contribution in [3.05, 3.63) is 39.7 Å². The lowest BCUT2D eigenvalue weighted by atomic mass is 10.1. The second kappa shape index (κ2) is 8.49. The van der Waals surface area contributed by atoms with Gasteiger partial charge < -0.3 is 23.9 Å². The number of esters is 3. The van der Waals surface area contributed by atoms with Gasteiger partial charge in [-0.05, 0) is 31.5 Å². The van der Waals surface area contributed by atoms with Crippen LogP contribution in [0.15, 0.2) is 16.5 Å². The maximum atomic E-state index is 12.1. The molecule has 0 unspecified atom stereocenters. The number of methoxy groups -OCH3 is 2. The Morgan fingerprint density at radius 2 is 1.70 bits per heavy atom. The molecule has 0 aliphatic heterocycles. The molecule has 2 heterocycles. The minimum atomic E-state index is -0.802. The van der Waals surface area contributed by atoms with Crippen molar-refractivity contribution in [2.75, 3.05) is 26.1 Å². The topological polar surface area (TPSA) is 121 Å². The predicted molar refractivity (Wildman–Crippen MR) is 94.1 cm³/mol. The van der Waals surface area contributed by atoms with Crippen LogP contribution in [0.25, 0.3) is 0 Å². The van der Waals surface area contributed by atoms with Gasteiger partial charge in [0.15, 0.2) is 6.61 Å². The van der Waals surface area contributed by atoms with Gasteiger partial charge in [0.05, 0.1) is 19.8 Å². The van der Waals surface area contributed by atoms with Crippen molar-refractivity contribution in [1.29, 1.82) is 0 Å². The molecule has 0 aromatic carbocycles. The second-order valence-corrected chi connectivity index (χ2v) is 6.30. The van der Waals surface area contributed by atoms with Gasteiger partial charge in [-0.3, -0.25) is 4.79 Å². The van der Waals surface area contributed by atoms with Crippen molar-refractivity contribution >= 4 is 40.2 Å². The molecule has 9 nitrogen and oxygen atoms in total. The first-order valence-corrected chi connectivity index (χ1v) is 8.43. The van der Waals surface area contributed by atoms with Crippen LogP contribution in [0, 0.1) is 13.8 Å². The zero-order valence-electron chi connectivity index (χ0n) is 15.0. The summed E-state index contributed by atoms with van der Waals surface area (Å²) in [5.74, 6) is -2.38. The van der Waals surface area contributed by atoms with E-state index in [1.54, 1.807) is 13.0 Å². The number of rotatable bonds is 6. The first-order chi connectivity index (χ1) is 12.8. The number of ether oxygens (including phenoxy) is 3. The van der Waals surface area contributed by atoms with E-state index in [4.69, 9.17) is 13.9 Å². The van der Waals surface area contributed by atoms with Crippen molar-refractivity contribution in [2.24, 2.45) is 0 Å². The Morgan fingerprint density at radius 1 is 1.04 bits per heavy atom. The Morgan fingerprint density at radius 3 is 2.26 bits per heavy atom. The minimum absolute atomic E-state index is 0.0317. The number of nitrogens with one attached hydrogen (secondary N) is 1. The monoisotopic (exact) mass is 395 g/mol. The number of aryl methyl sites for hydroxylation is 1. The Bertz CT molecular complexity index is 895. The van der Waals surface area contributed by atoms with Crippen LogP contribution < -0.4 is 5.32 Å². The number of anilines is 1. The van der Waals surface area contributed by atoms with Crippen molar-refractivity contribution < 1.29 is 37.8 Å². The normalized spacial score (nSPS) is 10.2. The zero-order chi connectivity index (χ0) is 20.1. The molecular formula is C17H17NO8S. The van der Waals surface area contributed by atoms with E-state index in [0.717, 1.165) is 11.3 Å². The van der Waals surface area contributed by atoms with Crippen LogP contribution in [0.3, 0.4) is 0 Å². The standard InChI is InChI=1S/C17H17NO8S/c1-8-5-6-10(26-8)15(20)25-7-11(19)18-14-12(16(21)23-3)9(2)13(27-14)17(22)24-4/h5-6H,7H2,1-4H3,(H,18,19). The third-order valence-corrected chi connectivity index (χ3v) is 4.62. The highest BCUT2D eigenvalue weighted by Gasteiger charge is 2.27. The van der Waals surface area contributed by atoms with Crippen molar-refractivity contribution in [3.8, 4) is 0 Å². The molecule has 0 aliphatic rings. The molecule has 2 aromatic rings. The smallest absolute Gasteiger partial charge is 0.374 e. The maximum Gasteiger partial charge on any atom is 0.374 e. The number of amides is 1. The van der Waals surface area contributed by atoms with E-state index in [1.165, 1.54) is 27.2 Å². The number of carbonyl (C=O) groups is 4. The van der Waals surface area contributed by atoms with Gasteiger partial charge in [-0.2, -0.15) is 0 Å². The fraction of sp³-hybridized carbons (Fsp3) is 0.294. The van der Waals surface area contributed by atoms with E-state index in [-0.39, 0.29) is 21.2 Å². The zero-order valence-corrected chi connectivity index (χ0v) is 15.9. The summed E-state index contributed by atoms with van der Waals surface area (Å²) in [5.41, 5.74) is 0.348. The molecule has 0 aliphatic carbocycles. The quantitative estimate of drug-likeness (QED) is 0.584.